The Hall–Kier alpha value is -2.66. The SMILES string of the molecule is CCC(C)C(NC(=O)C1Cc2ccccc2CN1)C(=O)Nc1ccc(C(C)C)cc1. The molecule has 2 amide bonds. The van der Waals surface area contributed by atoms with Crippen LogP contribution in [0.3, 0.4) is 0 Å². The summed E-state index contributed by atoms with van der Waals surface area (Å²) in [5.74, 6) is 0.168. The molecule has 30 heavy (non-hydrogen) atoms. The van der Waals surface area contributed by atoms with E-state index in [9.17, 15) is 9.59 Å². The third-order valence-corrected chi connectivity index (χ3v) is 6.04. The van der Waals surface area contributed by atoms with Gasteiger partial charge in [0.25, 0.3) is 0 Å². The Labute approximate surface area is 179 Å². The molecule has 1 aliphatic heterocycles. The zero-order valence-corrected chi connectivity index (χ0v) is 18.4. The van der Waals surface area contributed by atoms with Crippen molar-refractivity contribution in [1.29, 1.82) is 0 Å². The van der Waals surface area contributed by atoms with Crippen LogP contribution in [0.25, 0.3) is 0 Å². The molecule has 0 aromatic heterocycles. The van der Waals surface area contributed by atoms with Gasteiger partial charge in [0.05, 0.1) is 6.04 Å². The Bertz CT molecular complexity index is 876. The predicted octanol–water partition coefficient (Wildman–Crippen LogP) is 3.99. The van der Waals surface area contributed by atoms with Gasteiger partial charge in [0.15, 0.2) is 0 Å². The molecule has 3 rings (SSSR count). The van der Waals surface area contributed by atoms with Gasteiger partial charge < -0.3 is 16.0 Å². The Balaban J connectivity index is 1.66. The van der Waals surface area contributed by atoms with Crippen molar-refractivity contribution in [1.82, 2.24) is 10.6 Å². The molecule has 1 heterocycles. The van der Waals surface area contributed by atoms with E-state index in [4.69, 9.17) is 0 Å². The summed E-state index contributed by atoms with van der Waals surface area (Å²) < 4.78 is 0. The second-order valence-corrected chi connectivity index (χ2v) is 8.54. The van der Waals surface area contributed by atoms with Crippen LogP contribution in [0.15, 0.2) is 48.5 Å². The van der Waals surface area contributed by atoms with Crippen molar-refractivity contribution >= 4 is 17.5 Å². The van der Waals surface area contributed by atoms with E-state index in [2.05, 4.69) is 41.9 Å². The summed E-state index contributed by atoms with van der Waals surface area (Å²) >= 11 is 0. The molecule has 0 bridgehead atoms. The van der Waals surface area contributed by atoms with E-state index in [0.717, 1.165) is 12.1 Å². The number of benzene rings is 2. The van der Waals surface area contributed by atoms with Crippen molar-refractivity contribution in [2.45, 2.75) is 65.1 Å². The molecule has 5 nitrogen and oxygen atoms in total. The van der Waals surface area contributed by atoms with Gasteiger partial charge in [-0.05, 0) is 47.1 Å². The van der Waals surface area contributed by atoms with Crippen LogP contribution in [-0.4, -0.2) is 23.9 Å². The van der Waals surface area contributed by atoms with E-state index in [1.54, 1.807) is 0 Å². The van der Waals surface area contributed by atoms with Gasteiger partial charge in [-0.3, -0.25) is 9.59 Å². The highest BCUT2D eigenvalue weighted by Gasteiger charge is 2.30. The fourth-order valence-corrected chi connectivity index (χ4v) is 3.77. The van der Waals surface area contributed by atoms with Gasteiger partial charge >= 0.3 is 0 Å². The minimum Gasteiger partial charge on any atom is -0.343 e. The van der Waals surface area contributed by atoms with Crippen LogP contribution in [0.2, 0.25) is 0 Å². The molecule has 0 fully saturated rings. The lowest BCUT2D eigenvalue weighted by molar-refractivity contribution is -0.129. The lowest BCUT2D eigenvalue weighted by atomic mass is 9.94. The van der Waals surface area contributed by atoms with Crippen LogP contribution >= 0.6 is 0 Å². The van der Waals surface area contributed by atoms with Crippen LogP contribution in [-0.2, 0) is 22.6 Å². The smallest absolute Gasteiger partial charge is 0.247 e. The molecule has 3 unspecified atom stereocenters. The highest BCUT2D eigenvalue weighted by Crippen LogP contribution is 2.19. The van der Waals surface area contributed by atoms with Gasteiger partial charge in [-0.25, -0.2) is 0 Å². The molecule has 0 aliphatic carbocycles. The first kappa shape index (κ1) is 22.0. The van der Waals surface area contributed by atoms with Crippen molar-refractivity contribution in [2.75, 3.05) is 5.32 Å². The first-order chi connectivity index (χ1) is 14.4. The topological polar surface area (TPSA) is 70.2 Å². The first-order valence-corrected chi connectivity index (χ1v) is 10.9. The quantitative estimate of drug-likeness (QED) is 0.650. The Kier molecular flexibility index (Phi) is 7.27. The number of carbonyl (C=O) groups excluding carboxylic acids is 2. The van der Waals surface area contributed by atoms with Gasteiger partial charge in [0.2, 0.25) is 11.8 Å². The summed E-state index contributed by atoms with van der Waals surface area (Å²) in [7, 11) is 0. The predicted molar refractivity (Wildman–Crippen MR) is 121 cm³/mol. The average Bonchev–Trinajstić information content (AvgIpc) is 2.76. The molecule has 1 aliphatic rings. The number of amides is 2. The van der Waals surface area contributed by atoms with E-state index < -0.39 is 6.04 Å². The van der Waals surface area contributed by atoms with Crippen LogP contribution in [0.4, 0.5) is 5.69 Å². The average molecular weight is 408 g/mol. The summed E-state index contributed by atoms with van der Waals surface area (Å²) in [4.78, 5) is 26.0. The van der Waals surface area contributed by atoms with E-state index >= 15 is 0 Å². The number of fused-ring (bicyclic) bond motifs is 1. The molecule has 160 valence electrons. The second-order valence-electron chi connectivity index (χ2n) is 8.54. The number of hydrogen-bond acceptors (Lipinski definition) is 3. The maximum atomic E-state index is 13.0. The molecule has 0 saturated heterocycles. The molecular formula is C25H33N3O2. The van der Waals surface area contributed by atoms with Gasteiger partial charge in [-0.1, -0.05) is 70.5 Å². The summed E-state index contributed by atoms with van der Waals surface area (Å²) in [5.41, 5.74) is 4.38. The Morgan fingerprint density at radius 3 is 2.33 bits per heavy atom. The molecule has 2 aromatic rings. The van der Waals surface area contributed by atoms with Gasteiger partial charge in [0.1, 0.15) is 6.04 Å². The van der Waals surface area contributed by atoms with Crippen LogP contribution in [0, 0.1) is 5.92 Å². The molecule has 2 aromatic carbocycles. The third kappa shape index (κ3) is 5.28. The largest absolute Gasteiger partial charge is 0.343 e. The fourth-order valence-electron chi connectivity index (χ4n) is 3.77. The Morgan fingerprint density at radius 2 is 1.70 bits per heavy atom. The molecule has 3 atom stereocenters. The van der Waals surface area contributed by atoms with Gasteiger partial charge in [0, 0.05) is 12.2 Å². The van der Waals surface area contributed by atoms with Crippen LogP contribution in [0.1, 0.15) is 56.7 Å². The summed E-state index contributed by atoms with van der Waals surface area (Å²) in [5, 5.41) is 9.28. The highest BCUT2D eigenvalue weighted by molar-refractivity contribution is 5.98. The van der Waals surface area contributed by atoms with Crippen LogP contribution < -0.4 is 16.0 Å². The normalized spacial score (nSPS) is 17.7. The van der Waals surface area contributed by atoms with E-state index in [-0.39, 0.29) is 23.8 Å². The van der Waals surface area contributed by atoms with Crippen LogP contribution in [0.5, 0.6) is 0 Å². The fraction of sp³-hybridized carbons (Fsp3) is 0.440. The third-order valence-electron chi connectivity index (χ3n) is 6.04. The van der Waals surface area contributed by atoms with Gasteiger partial charge in [-0.15, -0.1) is 0 Å². The van der Waals surface area contributed by atoms with E-state index in [1.807, 2.05) is 50.2 Å². The minimum atomic E-state index is -0.578. The molecule has 5 heteroatoms. The van der Waals surface area contributed by atoms with Crippen molar-refractivity contribution in [3.8, 4) is 0 Å². The lowest BCUT2D eigenvalue weighted by Gasteiger charge is -2.29. The zero-order chi connectivity index (χ0) is 21.7. The van der Waals surface area contributed by atoms with Crippen molar-refractivity contribution in [3.05, 3.63) is 65.2 Å². The molecule has 0 radical (unpaired) electrons. The highest BCUT2D eigenvalue weighted by atomic mass is 16.2. The number of nitrogens with one attached hydrogen (secondary N) is 3. The summed E-state index contributed by atoms with van der Waals surface area (Å²) in [6.07, 6.45) is 1.43. The minimum absolute atomic E-state index is 0.0276. The molecule has 0 saturated carbocycles. The second kappa shape index (κ2) is 9.90. The number of anilines is 1. The lowest BCUT2D eigenvalue weighted by Crippen LogP contribution is -2.55. The van der Waals surface area contributed by atoms with E-state index in [0.29, 0.717) is 18.9 Å². The van der Waals surface area contributed by atoms with Crippen molar-refractivity contribution in [3.63, 3.8) is 0 Å². The monoisotopic (exact) mass is 407 g/mol. The molecular weight excluding hydrogens is 374 g/mol. The molecule has 3 N–H and O–H groups in total. The van der Waals surface area contributed by atoms with Gasteiger partial charge in [-0.2, -0.15) is 0 Å². The number of rotatable bonds is 7. The summed E-state index contributed by atoms with van der Waals surface area (Å²) in [6, 6.07) is 15.1. The standard InChI is InChI=1S/C25H33N3O2/c1-5-17(4)23(25(30)27-21-12-10-18(11-13-21)16(2)3)28-24(29)22-14-19-8-6-7-9-20(19)15-26-22/h6-13,16-17,22-23,26H,5,14-15H2,1-4H3,(H,27,30)(H,28,29). The number of hydrogen-bond donors (Lipinski definition) is 3. The molecule has 0 spiro atoms. The number of carbonyl (C=O) groups is 2. The van der Waals surface area contributed by atoms with E-state index in [1.165, 1.54) is 16.7 Å². The Morgan fingerprint density at radius 1 is 1.03 bits per heavy atom. The maximum Gasteiger partial charge on any atom is 0.247 e. The zero-order valence-electron chi connectivity index (χ0n) is 18.4. The van der Waals surface area contributed by atoms with Crippen molar-refractivity contribution in [2.24, 2.45) is 5.92 Å². The van der Waals surface area contributed by atoms with Crippen molar-refractivity contribution < 1.29 is 9.59 Å². The maximum absolute atomic E-state index is 13.0. The summed E-state index contributed by atoms with van der Waals surface area (Å²) in [6.45, 7) is 8.97. The first-order valence-electron chi connectivity index (χ1n) is 10.9.